The Hall–Kier alpha value is -0.900. The number of aryl methyl sites for hydroxylation is 1. The largest absolute Gasteiger partial charge is 0.387 e. The molecule has 0 amide bonds. The van der Waals surface area contributed by atoms with Crippen LogP contribution < -0.4 is 5.73 Å². The summed E-state index contributed by atoms with van der Waals surface area (Å²) in [4.78, 5) is 9.86. The van der Waals surface area contributed by atoms with Crippen molar-refractivity contribution in [3.8, 4) is 0 Å². The Morgan fingerprint density at radius 3 is 2.86 bits per heavy atom. The van der Waals surface area contributed by atoms with Crippen LogP contribution in [0, 0.1) is 5.92 Å². The highest BCUT2D eigenvalue weighted by Gasteiger charge is 2.01. The first kappa shape index (κ1) is 11.2. The molecule has 2 N–H and O–H groups in total. The zero-order valence-electron chi connectivity index (χ0n) is 8.95. The predicted octanol–water partition coefficient (Wildman–Crippen LogP) is 2.22. The molecule has 3 nitrogen and oxygen atoms in total. The normalized spacial score (nSPS) is 12.4. The van der Waals surface area contributed by atoms with Crippen LogP contribution in [0.5, 0.6) is 0 Å². The summed E-state index contributed by atoms with van der Waals surface area (Å²) in [6.07, 6.45) is 2.96. The molecular weight excluding hydrogens is 194 g/mol. The van der Waals surface area contributed by atoms with Crippen LogP contribution in [0.4, 0.5) is 0 Å². The Morgan fingerprint density at radius 2 is 2.36 bits per heavy atom. The fourth-order valence-electron chi connectivity index (χ4n) is 0.926. The van der Waals surface area contributed by atoms with E-state index in [1.807, 2.05) is 20.0 Å². The van der Waals surface area contributed by atoms with Crippen molar-refractivity contribution in [1.82, 2.24) is 4.98 Å². The van der Waals surface area contributed by atoms with Gasteiger partial charge < -0.3 is 5.73 Å². The van der Waals surface area contributed by atoms with Crippen LogP contribution in [0.1, 0.15) is 30.7 Å². The summed E-state index contributed by atoms with van der Waals surface area (Å²) in [5.74, 6) is 1.03. The van der Waals surface area contributed by atoms with E-state index in [1.165, 1.54) is 4.88 Å². The molecule has 0 bridgehead atoms. The second-order valence-corrected chi connectivity index (χ2v) is 4.67. The van der Waals surface area contributed by atoms with E-state index in [-0.39, 0.29) is 0 Å². The molecule has 0 aromatic carbocycles. The van der Waals surface area contributed by atoms with Gasteiger partial charge in [0.25, 0.3) is 0 Å². The van der Waals surface area contributed by atoms with Gasteiger partial charge in [-0.25, -0.2) is 4.98 Å². The fraction of sp³-hybridized carbons (Fsp3) is 0.600. The number of aromatic nitrogens is 1. The molecule has 1 aromatic rings. The van der Waals surface area contributed by atoms with Crippen molar-refractivity contribution >= 4 is 17.2 Å². The second kappa shape index (κ2) is 5.10. The molecule has 1 rings (SSSR count). The van der Waals surface area contributed by atoms with Crippen molar-refractivity contribution in [2.24, 2.45) is 16.6 Å². The van der Waals surface area contributed by atoms with Crippen molar-refractivity contribution in [3.05, 3.63) is 16.1 Å². The quantitative estimate of drug-likeness (QED) is 0.613. The van der Waals surface area contributed by atoms with Gasteiger partial charge in [-0.2, -0.15) is 0 Å². The van der Waals surface area contributed by atoms with Gasteiger partial charge in [-0.05, 0) is 6.42 Å². The minimum Gasteiger partial charge on any atom is -0.387 e. The van der Waals surface area contributed by atoms with Gasteiger partial charge in [-0.1, -0.05) is 20.8 Å². The van der Waals surface area contributed by atoms with E-state index in [2.05, 4.69) is 16.9 Å². The molecule has 1 aromatic heterocycles. The molecule has 0 aliphatic carbocycles. The summed E-state index contributed by atoms with van der Waals surface area (Å²) in [5.41, 5.74) is 5.73. The molecule has 4 heteroatoms. The molecule has 0 saturated heterocycles. The van der Waals surface area contributed by atoms with E-state index in [0.29, 0.717) is 18.3 Å². The van der Waals surface area contributed by atoms with E-state index < -0.39 is 0 Å². The summed E-state index contributed by atoms with van der Waals surface area (Å²) in [6, 6.07) is 0. The molecule has 14 heavy (non-hydrogen) atoms. The number of aliphatic imine (C=N–C) groups is 1. The van der Waals surface area contributed by atoms with E-state index in [9.17, 15) is 0 Å². The smallest absolute Gasteiger partial charge is 0.114 e. The van der Waals surface area contributed by atoms with Gasteiger partial charge >= 0.3 is 0 Å². The average Bonchev–Trinajstić information content (AvgIpc) is 2.61. The Bertz CT molecular complexity index is 315. The van der Waals surface area contributed by atoms with Crippen molar-refractivity contribution in [1.29, 1.82) is 0 Å². The molecule has 0 saturated carbocycles. The van der Waals surface area contributed by atoms with Gasteiger partial charge in [0.1, 0.15) is 5.01 Å². The van der Waals surface area contributed by atoms with Gasteiger partial charge in [0.15, 0.2) is 0 Å². The summed E-state index contributed by atoms with van der Waals surface area (Å²) in [7, 11) is 0. The van der Waals surface area contributed by atoms with Gasteiger partial charge in [0, 0.05) is 17.0 Å². The highest BCUT2D eigenvalue weighted by atomic mass is 32.1. The van der Waals surface area contributed by atoms with Crippen LogP contribution in [-0.4, -0.2) is 10.8 Å². The molecule has 78 valence electrons. The second-order valence-electron chi connectivity index (χ2n) is 3.47. The summed E-state index contributed by atoms with van der Waals surface area (Å²) >= 11 is 1.71. The number of nitrogens with zero attached hydrogens (tertiary/aromatic N) is 2. The van der Waals surface area contributed by atoms with Crippen LogP contribution in [-0.2, 0) is 13.0 Å². The number of nitrogens with two attached hydrogens (primary N) is 1. The van der Waals surface area contributed by atoms with Crippen molar-refractivity contribution < 1.29 is 0 Å². The van der Waals surface area contributed by atoms with Gasteiger partial charge in [-0.15, -0.1) is 11.3 Å². The van der Waals surface area contributed by atoms with Crippen LogP contribution >= 0.6 is 11.3 Å². The van der Waals surface area contributed by atoms with Crippen molar-refractivity contribution in [2.45, 2.75) is 33.7 Å². The number of rotatable bonds is 4. The van der Waals surface area contributed by atoms with E-state index in [1.54, 1.807) is 11.3 Å². The number of thiazole rings is 1. The lowest BCUT2D eigenvalue weighted by molar-refractivity contribution is 0.853. The first-order valence-corrected chi connectivity index (χ1v) is 5.68. The third-order valence-electron chi connectivity index (χ3n) is 1.94. The van der Waals surface area contributed by atoms with Gasteiger partial charge in [-0.3, -0.25) is 4.99 Å². The maximum Gasteiger partial charge on any atom is 0.114 e. The third kappa shape index (κ3) is 3.10. The third-order valence-corrected chi connectivity index (χ3v) is 3.06. The lowest BCUT2D eigenvalue weighted by atomic mass is 10.2. The van der Waals surface area contributed by atoms with Crippen LogP contribution in [0.25, 0.3) is 0 Å². The molecule has 0 atom stereocenters. The number of hydrogen-bond donors (Lipinski definition) is 1. The molecule has 0 fully saturated rings. The molecular formula is C10H17N3S. The van der Waals surface area contributed by atoms with Gasteiger partial charge in [0.05, 0.1) is 12.4 Å². The van der Waals surface area contributed by atoms with Crippen molar-refractivity contribution in [3.63, 3.8) is 0 Å². The van der Waals surface area contributed by atoms with Crippen LogP contribution in [0.15, 0.2) is 11.2 Å². The first-order valence-electron chi connectivity index (χ1n) is 4.86. The average molecular weight is 211 g/mol. The minimum atomic E-state index is 0.320. The maximum absolute atomic E-state index is 5.73. The minimum absolute atomic E-state index is 0.320. The summed E-state index contributed by atoms with van der Waals surface area (Å²) in [6.45, 7) is 6.83. The number of hydrogen-bond acceptors (Lipinski definition) is 3. The Morgan fingerprint density at radius 1 is 1.64 bits per heavy atom. The van der Waals surface area contributed by atoms with Crippen molar-refractivity contribution in [2.75, 3.05) is 0 Å². The lowest BCUT2D eigenvalue weighted by Crippen LogP contribution is -2.18. The highest BCUT2D eigenvalue weighted by Crippen LogP contribution is 2.14. The molecule has 0 aliphatic rings. The SMILES string of the molecule is CCc1cnc(CN=C(N)C(C)C)s1. The fourth-order valence-corrected chi connectivity index (χ4v) is 1.71. The Balaban J connectivity index is 2.57. The molecule has 0 aliphatic heterocycles. The zero-order chi connectivity index (χ0) is 10.6. The zero-order valence-corrected chi connectivity index (χ0v) is 9.77. The molecule has 1 heterocycles. The molecule has 0 unspecified atom stereocenters. The molecule has 0 radical (unpaired) electrons. The maximum atomic E-state index is 5.73. The van der Waals surface area contributed by atoms with Crippen LogP contribution in [0.2, 0.25) is 0 Å². The van der Waals surface area contributed by atoms with E-state index >= 15 is 0 Å². The Kier molecular flexibility index (Phi) is 4.07. The van der Waals surface area contributed by atoms with Crippen LogP contribution in [0.3, 0.4) is 0 Å². The standard InChI is InChI=1S/C10H17N3S/c1-4-8-5-12-9(14-8)6-13-10(11)7(2)3/h5,7H,4,6H2,1-3H3,(H2,11,13). The van der Waals surface area contributed by atoms with Gasteiger partial charge in [0.2, 0.25) is 0 Å². The van der Waals surface area contributed by atoms with E-state index in [0.717, 1.165) is 11.4 Å². The van der Waals surface area contributed by atoms with E-state index in [4.69, 9.17) is 5.73 Å². The number of amidine groups is 1. The predicted molar refractivity (Wildman–Crippen MR) is 61.7 cm³/mol. The topological polar surface area (TPSA) is 51.3 Å². The molecule has 0 spiro atoms. The lowest BCUT2D eigenvalue weighted by Gasteiger charge is -2.01. The first-order chi connectivity index (χ1) is 6.63. The summed E-state index contributed by atoms with van der Waals surface area (Å²) in [5, 5.41) is 1.05. The summed E-state index contributed by atoms with van der Waals surface area (Å²) < 4.78 is 0. The highest BCUT2D eigenvalue weighted by molar-refractivity contribution is 7.11. The Labute approximate surface area is 89.1 Å². The monoisotopic (exact) mass is 211 g/mol.